The second kappa shape index (κ2) is 11.1. The maximum atomic E-state index is 11.5. The Morgan fingerprint density at radius 2 is 1.96 bits per heavy atom. The van der Waals surface area contributed by atoms with Gasteiger partial charge in [0, 0.05) is 51.5 Å². The number of piperazine rings is 1. The van der Waals surface area contributed by atoms with E-state index in [1.807, 2.05) is 19.1 Å². The van der Waals surface area contributed by atoms with Crippen LogP contribution in [0.2, 0.25) is 0 Å². The maximum absolute atomic E-state index is 11.5. The Labute approximate surface area is 172 Å². The molecule has 1 atom stereocenters. The third-order valence-corrected chi connectivity index (χ3v) is 4.38. The van der Waals surface area contributed by atoms with Gasteiger partial charge in [0.05, 0.1) is 20.1 Å². The lowest BCUT2D eigenvalue weighted by molar-refractivity contribution is -0.144. The molecule has 1 aliphatic rings. The Kier molecular flexibility index (Phi) is 9.53. The SMILES string of the molecule is CN=C(NCC(C)C(=O)OC)N1CCN(c2cccc(OC)c2)CC1.I. The number of rotatable bonds is 5. The lowest BCUT2D eigenvalue weighted by Gasteiger charge is -2.38. The second-order valence-electron chi connectivity index (χ2n) is 6.03. The highest BCUT2D eigenvalue weighted by Gasteiger charge is 2.21. The first-order chi connectivity index (χ1) is 12.1. The van der Waals surface area contributed by atoms with Gasteiger partial charge in [-0.15, -0.1) is 24.0 Å². The largest absolute Gasteiger partial charge is 0.497 e. The predicted molar refractivity (Wildman–Crippen MR) is 115 cm³/mol. The average molecular weight is 476 g/mol. The molecule has 146 valence electrons. The highest BCUT2D eigenvalue weighted by atomic mass is 127. The van der Waals surface area contributed by atoms with E-state index in [9.17, 15) is 4.79 Å². The lowest BCUT2D eigenvalue weighted by atomic mass is 10.2. The van der Waals surface area contributed by atoms with Crippen molar-refractivity contribution in [1.82, 2.24) is 10.2 Å². The first kappa shape index (κ1) is 22.3. The fourth-order valence-electron chi connectivity index (χ4n) is 2.84. The third-order valence-electron chi connectivity index (χ3n) is 4.38. The number of hydrogen-bond donors (Lipinski definition) is 1. The van der Waals surface area contributed by atoms with Gasteiger partial charge in [0.1, 0.15) is 5.75 Å². The average Bonchev–Trinajstić information content (AvgIpc) is 2.68. The van der Waals surface area contributed by atoms with Crippen LogP contribution in [-0.2, 0) is 9.53 Å². The van der Waals surface area contributed by atoms with Gasteiger partial charge in [-0.2, -0.15) is 0 Å². The van der Waals surface area contributed by atoms with Crippen LogP contribution in [0.4, 0.5) is 5.69 Å². The summed E-state index contributed by atoms with van der Waals surface area (Å²) in [7, 11) is 4.85. The summed E-state index contributed by atoms with van der Waals surface area (Å²) < 4.78 is 10.1. The van der Waals surface area contributed by atoms with Gasteiger partial charge < -0.3 is 24.6 Å². The van der Waals surface area contributed by atoms with Gasteiger partial charge in [0.15, 0.2) is 5.96 Å². The molecular formula is C18H29IN4O3. The van der Waals surface area contributed by atoms with E-state index in [0.29, 0.717) is 6.54 Å². The van der Waals surface area contributed by atoms with Gasteiger partial charge in [-0.05, 0) is 12.1 Å². The zero-order valence-corrected chi connectivity index (χ0v) is 18.2. The zero-order chi connectivity index (χ0) is 18.2. The number of aliphatic imine (C=N–C) groups is 1. The van der Waals surface area contributed by atoms with E-state index in [4.69, 9.17) is 9.47 Å². The molecular weight excluding hydrogens is 447 g/mol. The monoisotopic (exact) mass is 476 g/mol. The molecule has 0 amide bonds. The van der Waals surface area contributed by atoms with Crippen molar-refractivity contribution >= 4 is 41.6 Å². The molecule has 1 heterocycles. The van der Waals surface area contributed by atoms with Crippen LogP contribution in [0, 0.1) is 5.92 Å². The van der Waals surface area contributed by atoms with E-state index in [2.05, 4.69) is 32.2 Å². The van der Waals surface area contributed by atoms with Gasteiger partial charge in [0.2, 0.25) is 0 Å². The number of methoxy groups -OCH3 is 2. The number of carbonyl (C=O) groups excluding carboxylic acids is 1. The molecule has 0 bridgehead atoms. The van der Waals surface area contributed by atoms with Gasteiger partial charge >= 0.3 is 5.97 Å². The number of nitrogens with zero attached hydrogens (tertiary/aromatic N) is 3. The van der Waals surface area contributed by atoms with E-state index in [1.165, 1.54) is 12.8 Å². The molecule has 1 aromatic rings. The van der Waals surface area contributed by atoms with Gasteiger partial charge in [0.25, 0.3) is 0 Å². The summed E-state index contributed by atoms with van der Waals surface area (Å²) in [5.74, 6) is 1.26. The van der Waals surface area contributed by atoms with Crippen molar-refractivity contribution in [2.45, 2.75) is 6.92 Å². The number of nitrogens with one attached hydrogen (secondary N) is 1. The summed E-state index contributed by atoms with van der Waals surface area (Å²) in [6.45, 7) is 5.89. The highest BCUT2D eigenvalue weighted by Crippen LogP contribution is 2.22. The molecule has 1 unspecified atom stereocenters. The van der Waals surface area contributed by atoms with Gasteiger partial charge in [-0.25, -0.2) is 0 Å². The Bertz CT molecular complexity index is 604. The van der Waals surface area contributed by atoms with Crippen molar-refractivity contribution in [1.29, 1.82) is 0 Å². The standard InChI is InChI=1S/C18H28N4O3.HI/c1-14(17(23)25-4)13-20-18(19-2)22-10-8-21(9-11-22)15-6-5-7-16(12-15)24-3;/h5-7,12,14H,8-11,13H2,1-4H3,(H,19,20);1H. The summed E-state index contributed by atoms with van der Waals surface area (Å²) >= 11 is 0. The molecule has 0 saturated carbocycles. The van der Waals surface area contributed by atoms with Crippen LogP contribution in [0.3, 0.4) is 0 Å². The van der Waals surface area contributed by atoms with Crippen molar-refractivity contribution in [3.05, 3.63) is 24.3 Å². The van der Waals surface area contributed by atoms with Gasteiger partial charge in [-0.3, -0.25) is 9.79 Å². The molecule has 0 aromatic heterocycles. The molecule has 1 aliphatic heterocycles. The topological polar surface area (TPSA) is 66.4 Å². The van der Waals surface area contributed by atoms with Gasteiger partial charge in [-0.1, -0.05) is 13.0 Å². The smallest absolute Gasteiger partial charge is 0.310 e. The Balaban J connectivity index is 0.00000338. The van der Waals surface area contributed by atoms with E-state index >= 15 is 0 Å². The first-order valence-corrected chi connectivity index (χ1v) is 8.51. The van der Waals surface area contributed by atoms with Crippen molar-refractivity contribution in [3.8, 4) is 5.75 Å². The Morgan fingerprint density at radius 3 is 2.54 bits per heavy atom. The molecule has 0 radical (unpaired) electrons. The van der Waals surface area contributed by atoms with Crippen LogP contribution < -0.4 is 15.0 Å². The molecule has 0 spiro atoms. The number of guanidine groups is 1. The molecule has 1 N–H and O–H groups in total. The minimum absolute atomic E-state index is 0. The Hall–Kier alpha value is -1.71. The number of esters is 1. The quantitative estimate of drug-likeness (QED) is 0.303. The molecule has 7 nitrogen and oxygen atoms in total. The van der Waals surface area contributed by atoms with Crippen LogP contribution in [0.5, 0.6) is 5.75 Å². The van der Waals surface area contributed by atoms with E-state index in [-0.39, 0.29) is 35.9 Å². The van der Waals surface area contributed by atoms with Crippen LogP contribution in [-0.4, -0.2) is 70.8 Å². The van der Waals surface area contributed by atoms with E-state index in [1.54, 1.807) is 14.2 Å². The summed E-state index contributed by atoms with van der Waals surface area (Å²) in [6, 6.07) is 8.12. The maximum Gasteiger partial charge on any atom is 0.310 e. The number of benzene rings is 1. The molecule has 2 rings (SSSR count). The summed E-state index contributed by atoms with van der Waals surface area (Å²) in [5.41, 5.74) is 1.17. The van der Waals surface area contributed by atoms with Crippen molar-refractivity contribution < 1.29 is 14.3 Å². The summed E-state index contributed by atoms with van der Waals surface area (Å²) in [5, 5.41) is 3.26. The highest BCUT2D eigenvalue weighted by molar-refractivity contribution is 14.0. The first-order valence-electron chi connectivity index (χ1n) is 8.51. The zero-order valence-electron chi connectivity index (χ0n) is 15.9. The van der Waals surface area contributed by atoms with Crippen molar-refractivity contribution in [2.75, 3.05) is 58.9 Å². The number of ether oxygens (including phenoxy) is 2. The molecule has 1 saturated heterocycles. The van der Waals surface area contributed by atoms with Crippen LogP contribution in [0.25, 0.3) is 0 Å². The second-order valence-corrected chi connectivity index (χ2v) is 6.03. The number of hydrogen-bond acceptors (Lipinski definition) is 5. The van der Waals surface area contributed by atoms with E-state index < -0.39 is 0 Å². The minimum Gasteiger partial charge on any atom is -0.497 e. The predicted octanol–water partition coefficient (Wildman–Crippen LogP) is 1.82. The van der Waals surface area contributed by atoms with E-state index in [0.717, 1.165) is 37.9 Å². The fourth-order valence-corrected chi connectivity index (χ4v) is 2.84. The Morgan fingerprint density at radius 1 is 1.27 bits per heavy atom. The fraction of sp³-hybridized carbons (Fsp3) is 0.556. The number of carbonyl (C=O) groups is 1. The van der Waals surface area contributed by atoms with Crippen molar-refractivity contribution in [2.24, 2.45) is 10.9 Å². The molecule has 1 aromatic carbocycles. The van der Waals surface area contributed by atoms with Crippen LogP contribution in [0.1, 0.15) is 6.92 Å². The third kappa shape index (κ3) is 5.93. The van der Waals surface area contributed by atoms with Crippen molar-refractivity contribution in [3.63, 3.8) is 0 Å². The lowest BCUT2D eigenvalue weighted by Crippen LogP contribution is -2.53. The molecule has 1 fully saturated rings. The van der Waals surface area contributed by atoms with Crippen LogP contribution in [0.15, 0.2) is 29.3 Å². The number of halogens is 1. The molecule has 8 heteroatoms. The summed E-state index contributed by atoms with van der Waals surface area (Å²) in [6.07, 6.45) is 0. The molecule has 0 aliphatic carbocycles. The minimum atomic E-state index is -0.217. The number of anilines is 1. The molecule has 26 heavy (non-hydrogen) atoms. The van der Waals surface area contributed by atoms with Crippen LogP contribution >= 0.6 is 24.0 Å². The summed E-state index contributed by atoms with van der Waals surface area (Å²) in [4.78, 5) is 20.4. The normalized spacial score (nSPS) is 15.8.